The first-order valence-corrected chi connectivity index (χ1v) is 23.0. The molecule has 0 spiro atoms. The Bertz CT molecular complexity index is 1880. The van der Waals surface area contributed by atoms with Gasteiger partial charge in [-0.15, -0.1) is 0 Å². The lowest BCUT2D eigenvalue weighted by Crippen LogP contribution is -2.59. The number of rotatable bonds is 22. The highest BCUT2D eigenvalue weighted by Gasteiger charge is 2.34. The third-order valence-electron chi connectivity index (χ3n) is 11.3. The number of hydrogen-bond acceptors (Lipinski definition) is 8. The van der Waals surface area contributed by atoms with Gasteiger partial charge in [-0.1, -0.05) is 93.8 Å². The second kappa shape index (κ2) is 26.2. The maximum absolute atomic E-state index is 14.4. The molecule has 1 fully saturated rings. The molecule has 0 saturated carbocycles. The minimum absolute atomic E-state index is 0.0136. The van der Waals surface area contributed by atoms with E-state index in [1.165, 1.54) is 11.9 Å². The van der Waals surface area contributed by atoms with Crippen LogP contribution in [0.5, 0.6) is 0 Å². The standard InChI is InChI=1S/C48H75N9O9/c1-32(2)29-37(40(58)52-36(23-17-12-18-26-48(6,7)55-45(63)64)42(60)57-27-24-35(25-28-57)51-43(61)49-8)53-41(59)38(30-33-19-13-10-14-20-33)54-44(62)56(9)39(34-21-15-11-16-22-34)31-50-46(65)66-47(3,4)5/h10-11,13-16,19-22,32,35-39,55H,12,17-18,23-31H2,1-9H3,(H,50,65)(H,52,58)(H,53,59)(H,54,62)(H,63,64)(H2,49,51,61)/t36-,37-,38-,39?/m1/s1. The number of piperidine rings is 1. The summed E-state index contributed by atoms with van der Waals surface area (Å²) in [6, 6.07) is 13.5. The Hall–Kier alpha value is -6.07. The highest BCUT2D eigenvalue weighted by molar-refractivity contribution is 5.94. The summed E-state index contributed by atoms with van der Waals surface area (Å²) in [7, 11) is 3.11. The average Bonchev–Trinajstić information content (AvgIpc) is 3.24. The number of likely N-dealkylation sites (N-methyl/N-ethyl adjacent to an activating group) is 1. The molecule has 1 saturated heterocycles. The molecular formula is C48H75N9O9. The molecule has 1 heterocycles. The number of alkyl carbamates (subject to hydrolysis) is 1. The van der Waals surface area contributed by atoms with Crippen LogP contribution in [0.2, 0.25) is 0 Å². The zero-order valence-corrected chi connectivity index (χ0v) is 40.3. The summed E-state index contributed by atoms with van der Waals surface area (Å²) in [5, 5.41) is 28.7. The van der Waals surface area contributed by atoms with E-state index >= 15 is 0 Å². The quantitative estimate of drug-likeness (QED) is 0.0701. The summed E-state index contributed by atoms with van der Waals surface area (Å²) in [6.07, 6.45) is 2.45. The van der Waals surface area contributed by atoms with Gasteiger partial charge in [-0.2, -0.15) is 0 Å². The largest absolute Gasteiger partial charge is 0.465 e. The molecule has 1 unspecified atom stereocenters. The van der Waals surface area contributed by atoms with E-state index in [9.17, 15) is 38.7 Å². The Kier molecular flexibility index (Phi) is 21.5. The average molecular weight is 922 g/mol. The van der Waals surface area contributed by atoms with Gasteiger partial charge < -0.3 is 56.9 Å². The fourth-order valence-electron chi connectivity index (χ4n) is 7.77. The van der Waals surface area contributed by atoms with Gasteiger partial charge >= 0.3 is 24.2 Å². The number of hydrogen-bond donors (Lipinski definition) is 8. The predicted octanol–water partition coefficient (Wildman–Crippen LogP) is 5.44. The molecule has 8 N–H and O–H groups in total. The van der Waals surface area contributed by atoms with E-state index in [-0.39, 0.29) is 43.3 Å². The van der Waals surface area contributed by atoms with E-state index in [1.807, 2.05) is 88.4 Å². The Morgan fingerprint density at radius 3 is 1.97 bits per heavy atom. The van der Waals surface area contributed by atoms with Crippen LogP contribution in [0.3, 0.4) is 0 Å². The highest BCUT2D eigenvalue weighted by Crippen LogP contribution is 2.21. The van der Waals surface area contributed by atoms with E-state index in [4.69, 9.17) is 4.74 Å². The fourth-order valence-corrected chi connectivity index (χ4v) is 7.77. The second-order valence-corrected chi connectivity index (χ2v) is 19.1. The molecule has 4 atom stereocenters. The van der Waals surface area contributed by atoms with Crippen molar-refractivity contribution in [3.63, 3.8) is 0 Å². The zero-order chi connectivity index (χ0) is 49.0. The molecule has 66 heavy (non-hydrogen) atoms. The lowest BCUT2D eigenvalue weighted by Gasteiger charge is -2.35. The van der Waals surface area contributed by atoms with E-state index in [0.717, 1.165) is 11.1 Å². The first kappa shape index (κ1) is 54.3. The molecule has 0 aromatic heterocycles. The van der Waals surface area contributed by atoms with Gasteiger partial charge in [0.05, 0.1) is 6.04 Å². The minimum atomic E-state index is -1.14. The Morgan fingerprint density at radius 1 is 0.803 bits per heavy atom. The number of urea groups is 2. The maximum Gasteiger partial charge on any atom is 0.407 e. The Morgan fingerprint density at radius 2 is 1.39 bits per heavy atom. The number of carbonyl (C=O) groups excluding carboxylic acids is 6. The first-order chi connectivity index (χ1) is 31.1. The number of amides is 9. The molecule has 2 aromatic carbocycles. The SMILES string of the molecule is CNC(=O)NC1CCN(C(=O)[C@@H](CCCCCC(C)(C)NC(=O)O)NC(=O)[C@@H](CC(C)C)NC(=O)[C@@H](Cc2ccccc2)NC(=O)N(C)C(CNC(=O)OC(C)(C)C)c2ccccc2)CC1. The molecule has 0 radical (unpaired) electrons. The highest BCUT2D eigenvalue weighted by atomic mass is 16.6. The third-order valence-corrected chi connectivity index (χ3v) is 11.3. The number of nitrogens with zero attached hydrogens (tertiary/aromatic N) is 2. The van der Waals surface area contributed by atoms with Crippen molar-refractivity contribution < 1.29 is 43.4 Å². The summed E-state index contributed by atoms with van der Waals surface area (Å²) in [5.74, 6) is -1.47. The van der Waals surface area contributed by atoms with Gasteiger partial charge in [-0.3, -0.25) is 14.4 Å². The maximum atomic E-state index is 14.4. The summed E-state index contributed by atoms with van der Waals surface area (Å²) < 4.78 is 5.44. The molecule has 9 amide bonds. The number of benzene rings is 2. The normalized spacial score (nSPS) is 15.0. The van der Waals surface area contributed by atoms with Gasteiger partial charge in [0, 0.05) is 51.7 Å². The molecule has 366 valence electrons. The molecule has 1 aliphatic heterocycles. The molecule has 18 heteroatoms. The van der Waals surface area contributed by atoms with Crippen molar-refractivity contribution in [1.82, 2.24) is 47.0 Å². The molecule has 0 aliphatic carbocycles. The molecule has 3 rings (SSSR count). The summed E-state index contributed by atoms with van der Waals surface area (Å²) >= 11 is 0. The lowest BCUT2D eigenvalue weighted by molar-refractivity contribution is -0.138. The molecule has 1 aliphatic rings. The van der Waals surface area contributed by atoms with Crippen molar-refractivity contribution in [3.05, 3.63) is 71.8 Å². The summed E-state index contributed by atoms with van der Waals surface area (Å²) in [5.41, 5.74) is 0.122. The van der Waals surface area contributed by atoms with Crippen molar-refractivity contribution in [1.29, 1.82) is 0 Å². The zero-order valence-electron chi connectivity index (χ0n) is 40.3. The fraction of sp³-hybridized carbons (Fsp3) is 0.604. The van der Waals surface area contributed by atoms with Crippen LogP contribution in [0, 0.1) is 5.92 Å². The minimum Gasteiger partial charge on any atom is -0.465 e. The van der Waals surface area contributed by atoms with Crippen molar-refractivity contribution in [2.24, 2.45) is 5.92 Å². The summed E-state index contributed by atoms with van der Waals surface area (Å²) in [6.45, 7) is 13.5. The van der Waals surface area contributed by atoms with Gasteiger partial charge in [-0.05, 0) is 83.8 Å². The topological polar surface area (TPSA) is 240 Å². The number of nitrogens with one attached hydrogen (secondary N) is 7. The van der Waals surface area contributed by atoms with Gasteiger partial charge in [0.15, 0.2) is 0 Å². The third kappa shape index (κ3) is 19.6. The smallest absolute Gasteiger partial charge is 0.407 e. The first-order valence-electron chi connectivity index (χ1n) is 23.0. The monoisotopic (exact) mass is 922 g/mol. The van der Waals surface area contributed by atoms with Gasteiger partial charge in [0.1, 0.15) is 23.7 Å². The van der Waals surface area contributed by atoms with Crippen LogP contribution in [0.15, 0.2) is 60.7 Å². The van der Waals surface area contributed by atoms with Crippen molar-refractivity contribution >= 4 is 42.0 Å². The van der Waals surface area contributed by atoms with E-state index in [0.29, 0.717) is 58.0 Å². The number of ether oxygens (including phenoxy) is 1. The van der Waals surface area contributed by atoms with Crippen molar-refractivity contribution in [2.75, 3.05) is 33.7 Å². The van der Waals surface area contributed by atoms with Crippen molar-refractivity contribution in [3.8, 4) is 0 Å². The number of unbranched alkanes of at least 4 members (excludes halogenated alkanes) is 2. The number of carboxylic acid groups (broad SMARTS) is 1. The van der Waals surface area contributed by atoms with Crippen LogP contribution in [0.25, 0.3) is 0 Å². The number of carbonyl (C=O) groups is 7. The van der Waals surface area contributed by atoms with Crippen LogP contribution < -0.4 is 37.2 Å². The van der Waals surface area contributed by atoms with Crippen LogP contribution in [0.1, 0.15) is 117 Å². The molecule has 2 aromatic rings. The van der Waals surface area contributed by atoms with Crippen molar-refractivity contribution in [2.45, 2.75) is 148 Å². The van der Waals surface area contributed by atoms with Crippen LogP contribution >= 0.6 is 0 Å². The second-order valence-electron chi connectivity index (χ2n) is 19.1. The van der Waals surface area contributed by atoms with Gasteiger partial charge in [0.25, 0.3) is 0 Å². The van der Waals surface area contributed by atoms with E-state index in [2.05, 4.69) is 37.2 Å². The molecule has 0 bridgehead atoms. The van der Waals surface area contributed by atoms with Crippen LogP contribution in [-0.4, -0.2) is 126 Å². The van der Waals surface area contributed by atoms with Gasteiger partial charge in [0.2, 0.25) is 17.7 Å². The van der Waals surface area contributed by atoms with Gasteiger partial charge in [-0.25, -0.2) is 19.2 Å². The lowest BCUT2D eigenvalue weighted by atomic mass is 9.95. The molecular weight excluding hydrogens is 847 g/mol. The Balaban J connectivity index is 1.85. The van der Waals surface area contributed by atoms with E-state index < -0.39 is 65.3 Å². The molecule has 18 nitrogen and oxygen atoms in total. The van der Waals surface area contributed by atoms with Crippen LogP contribution in [-0.2, 0) is 25.5 Å². The number of likely N-dealkylation sites (tertiary alicyclic amines) is 1. The summed E-state index contributed by atoms with van der Waals surface area (Å²) in [4.78, 5) is 96.1. The predicted molar refractivity (Wildman–Crippen MR) is 252 cm³/mol. The van der Waals surface area contributed by atoms with E-state index in [1.54, 1.807) is 32.7 Å². The Labute approximate surface area is 390 Å². The van der Waals surface area contributed by atoms with Crippen LogP contribution in [0.4, 0.5) is 19.2 Å².